The van der Waals surface area contributed by atoms with E-state index in [0.29, 0.717) is 41.1 Å². The highest BCUT2D eigenvalue weighted by Gasteiger charge is 2.16. The van der Waals surface area contributed by atoms with Gasteiger partial charge in [-0.2, -0.15) is 0 Å². The third kappa shape index (κ3) is 4.48. The van der Waals surface area contributed by atoms with Crippen molar-refractivity contribution in [1.29, 1.82) is 0 Å². The van der Waals surface area contributed by atoms with Crippen LogP contribution in [0.4, 0.5) is 0 Å². The molecule has 0 spiro atoms. The first-order chi connectivity index (χ1) is 11.4. The van der Waals surface area contributed by atoms with Gasteiger partial charge in [-0.05, 0) is 49.1 Å². The van der Waals surface area contributed by atoms with Crippen LogP contribution in [0.5, 0.6) is 5.75 Å². The van der Waals surface area contributed by atoms with Crippen molar-refractivity contribution in [2.75, 3.05) is 6.61 Å². The Labute approximate surface area is 147 Å². The van der Waals surface area contributed by atoms with E-state index >= 15 is 0 Å². The van der Waals surface area contributed by atoms with Gasteiger partial charge in [0.05, 0.1) is 23.6 Å². The Balaban J connectivity index is 2.50. The fraction of sp³-hybridized carbons (Fsp3) is 0.368. The highest BCUT2D eigenvalue weighted by molar-refractivity contribution is 6.30. The van der Waals surface area contributed by atoms with Gasteiger partial charge in [-0.1, -0.05) is 32.4 Å². The highest BCUT2D eigenvalue weighted by Crippen LogP contribution is 2.32. The van der Waals surface area contributed by atoms with Crippen LogP contribution in [0.1, 0.15) is 43.2 Å². The topological polar surface area (TPSA) is 59.4 Å². The van der Waals surface area contributed by atoms with Crippen LogP contribution in [0.2, 0.25) is 5.02 Å². The van der Waals surface area contributed by atoms with Crippen molar-refractivity contribution in [2.45, 2.75) is 33.6 Å². The molecule has 0 saturated heterocycles. The number of carboxylic acid groups (broad SMARTS) is 1. The maximum atomic E-state index is 11.4. The Kier molecular flexibility index (Phi) is 6.21. The summed E-state index contributed by atoms with van der Waals surface area (Å²) in [4.78, 5) is 16.0. The number of aromatic nitrogens is 1. The summed E-state index contributed by atoms with van der Waals surface area (Å²) in [6.07, 6.45) is 1.49. The zero-order valence-electron chi connectivity index (χ0n) is 14.2. The molecular weight excluding hydrogens is 326 g/mol. The van der Waals surface area contributed by atoms with Gasteiger partial charge < -0.3 is 9.84 Å². The number of carboxylic acids is 1. The lowest BCUT2D eigenvalue weighted by Gasteiger charge is -2.14. The molecular formula is C19H22ClNO3. The average molecular weight is 348 g/mol. The van der Waals surface area contributed by atoms with E-state index in [4.69, 9.17) is 16.3 Å². The summed E-state index contributed by atoms with van der Waals surface area (Å²) in [5.74, 6) is 0.0190. The van der Waals surface area contributed by atoms with Crippen LogP contribution in [0, 0.1) is 5.92 Å². The van der Waals surface area contributed by atoms with Crippen LogP contribution >= 0.6 is 11.6 Å². The number of hydrogen-bond acceptors (Lipinski definition) is 3. The maximum absolute atomic E-state index is 11.4. The maximum Gasteiger partial charge on any atom is 0.337 e. The molecule has 0 saturated carbocycles. The lowest BCUT2D eigenvalue weighted by Crippen LogP contribution is -2.08. The molecule has 0 aliphatic heterocycles. The Morgan fingerprint density at radius 3 is 2.67 bits per heavy atom. The molecule has 1 heterocycles. The zero-order valence-corrected chi connectivity index (χ0v) is 14.9. The minimum atomic E-state index is -0.955. The number of pyridine rings is 1. The van der Waals surface area contributed by atoms with E-state index < -0.39 is 5.97 Å². The second-order valence-corrected chi connectivity index (χ2v) is 6.52. The Morgan fingerprint density at radius 1 is 1.29 bits per heavy atom. The third-order valence-electron chi connectivity index (χ3n) is 3.49. The second kappa shape index (κ2) is 8.15. The van der Waals surface area contributed by atoms with Crippen molar-refractivity contribution < 1.29 is 14.6 Å². The van der Waals surface area contributed by atoms with E-state index in [1.54, 1.807) is 24.3 Å². The molecule has 128 valence electrons. The molecule has 0 unspecified atom stereocenters. The molecule has 5 heteroatoms. The standard InChI is InChI=1S/C19H22ClNO3/c1-4-9-24-18-11-13(20)5-6-14(18)16-8-7-15(19(22)23)17(21-16)10-12(2)3/h5-8,11-12H,4,9-10H2,1-3H3,(H,22,23). The van der Waals surface area contributed by atoms with Crippen LogP contribution in [0.3, 0.4) is 0 Å². The summed E-state index contributed by atoms with van der Waals surface area (Å²) in [6.45, 7) is 6.69. The first-order valence-corrected chi connectivity index (χ1v) is 8.46. The van der Waals surface area contributed by atoms with Crippen LogP contribution in [0.25, 0.3) is 11.3 Å². The second-order valence-electron chi connectivity index (χ2n) is 6.08. The molecule has 0 radical (unpaired) electrons. The number of ether oxygens (including phenoxy) is 1. The van der Waals surface area contributed by atoms with Crippen LogP contribution in [0.15, 0.2) is 30.3 Å². The number of hydrogen-bond donors (Lipinski definition) is 1. The summed E-state index contributed by atoms with van der Waals surface area (Å²) in [5.41, 5.74) is 2.34. The van der Waals surface area contributed by atoms with Gasteiger partial charge in [0.15, 0.2) is 0 Å². The van der Waals surface area contributed by atoms with Gasteiger partial charge in [0, 0.05) is 10.6 Å². The van der Waals surface area contributed by atoms with Crippen molar-refractivity contribution in [3.8, 4) is 17.0 Å². The van der Waals surface area contributed by atoms with E-state index in [-0.39, 0.29) is 5.56 Å². The molecule has 1 aromatic carbocycles. The summed E-state index contributed by atoms with van der Waals surface area (Å²) < 4.78 is 5.78. The molecule has 0 fully saturated rings. The zero-order chi connectivity index (χ0) is 17.7. The van der Waals surface area contributed by atoms with Crippen molar-refractivity contribution in [2.24, 2.45) is 5.92 Å². The monoisotopic (exact) mass is 347 g/mol. The minimum Gasteiger partial charge on any atom is -0.493 e. The van der Waals surface area contributed by atoms with Crippen molar-refractivity contribution in [3.63, 3.8) is 0 Å². The van der Waals surface area contributed by atoms with Gasteiger partial charge in [0.2, 0.25) is 0 Å². The molecule has 24 heavy (non-hydrogen) atoms. The van der Waals surface area contributed by atoms with Gasteiger partial charge in [-0.25, -0.2) is 4.79 Å². The fourth-order valence-corrected chi connectivity index (χ4v) is 2.59. The number of halogens is 1. The lowest BCUT2D eigenvalue weighted by atomic mass is 10.0. The van der Waals surface area contributed by atoms with Gasteiger partial charge in [0.1, 0.15) is 5.75 Å². The Morgan fingerprint density at radius 2 is 2.04 bits per heavy atom. The molecule has 0 aliphatic carbocycles. The molecule has 4 nitrogen and oxygen atoms in total. The van der Waals surface area contributed by atoms with Crippen LogP contribution in [-0.4, -0.2) is 22.7 Å². The largest absolute Gasteiger partial charge is 0.493 e. The van der Waals surface area contributed by atoms with Gasteiger partial charge in [-0.15, -0.1) is 0 Å². The van der Waals surface area contributed by atoms with E-state index in [1.165, 1.54) is 0 Å². The molecule has 0 aliphatic rings. The van der Waals surface area contributed by atoms with Crippen molar-refractivity contribution in [3.05, 3.63) is 46.6 Å². The molecule has 0 amide bonds. The quantitative estimate of drug-likeness (QED) is 0.758. The first-order valence-electron chi connectivity index (χ1n) is 8.08. The van der Waals surface area contributed by atoms with E-state index in [2.05, 4.69) is 4.98 Å². The van der Waals surface area contributed by atoms with Gasteiger partial charge in [0.25, 0.3) is 0 Å². The molecule has 1 N–H and O–H groups in total. The van der Waals surface area contributed by atoms with Crippen LogP contribution < -0.4 is 4.74 Å². The van der Waals surface area contributed by atoms with Crippen molar-refractivity contribution >= 4 is 17.6 Å². The average Bonchev–Trinajstić information content (AvgIpc) is 2.52. The van der Waals surface area contributed by atoms with E-state index in [1.807, 2.05) is 26.8 Å². The third-order valence-corrected chi connectivity index (χ3v) is 3.72. The lowest BCUT2D eigenvalue weighted by molar-refractivity contribution is 0.0695. The predicted molar refractivity (Wildman–Crippen MR) is 96.0 cm³/mol. The van der Waals surface area contributed by atoms with Gasteiger partial charge >= 0.3 is 5.97 Å². The Hall–Kier alpha value is -2.07. The SMILES string of the molecule is CCCOc1cc(Cl)ccc1-c1ccc(C(=O)O)c(CC(C)C)n1. The first kappa shape index (κ1) is 18.3. The van der Waals surface area contributed by atoms with E-state index in [0.717, 1.165) is 12.0 Å². The molecule has 2 rings (SSSR count). The van der Waals surface area contributed by atoms with E-state index in [9.17, 15) is 9.90 Å². The molecule has 2 aromatic rings. The summed E-state index contributed by atoms with van der Waals surface area (Å²) in [5, 5.41) is 9.96. The number of aromatic carboxylic acids is 1. The molecule has 0 atom stereocenters. The smallest absolute Gasteiger partial charge is 0.337 e. The van der Waals surface area contributed by atoms with Crippen molar-refractivity contribution in [1.82, 2.24) is 4.98 Å². The number of rotatable bonds is 7. The number of carbonyl (C=O) groups is 1. The van der Waals surface area contributed by atoms with Crippen LogP contribution in [-0.2, 0) is 6.42 Å². The number of nitrogens with zero attached hydrogens (tertiary/aromatic N) is 1. The Bertz CT molecular complexity index is 729. The number of benzene rings is 1. The molecule has 1 aromatic heterocycles. The predicted octanol–water partition coefficient (Wildman–Crippen LogP) is 5.09. The normalized spacial score (nSPS) is 10.9. The highest BCUT2D eigenvalue weighted by atomic mass is 35.5. The van der Waals surface area contributed by atoms with Gasteiger partial charge in [-0.3, -0.25) is 4.98 Å². The minimum absolute atomic E-state index is 0.248. The fourth-order valence-electron chi connectivity index (χ4n) is 2.43. The summed E-state index contributed by atoms with van der Waals surface area (Å²) in [7, 11) is 0. The summed E-state index contributed by atoms with van der Waals surface area (Å²) in [6, 6.07) is 8.73. The summed E-state index contributed by atoms with van der Waals surface area (Å²) >= 11 is 6.07. The molecule has 0 bridgehead atoms.